The van der Waals surface area contributed by atoms with Gasteiger partial charge in [0.25, 0.3) is 0 Å². The number of aliphatic carboxylic acids is 1. The van der Waals surface area contributed by atoms with Gasteiger partial charge in [-0.2, -0.15) is 0 Å². The molecular weight excluding hydrogens is 138 g/mol. The van der Waals surface area contributed by atoms with Crippen molar-refractivity contribution in [2.24, 2.45) is 4.99 Å². The quantitative estimate of drug-likeness (QED) is 0.393. The summed E-state index contributed by atoms with van der Waals surface area (Å²) in [7, 11) is 0. The van der Waals surface area contributed by atoms with E-state index in [1.165, 1.54) is 6.92 Å². The van der Waals surface area contributed by atoms with Gasteiger partial charge in [-0.3, -0.25) is 0 Å². The van der Waals surface area contributed by atoms with E-state index in [1.807, 2.05) is 0 Å². The Morgan fingerprint density at radius 2 is 2.40 bits per heavy atom. The third-order valence-electron chi connectivity index (χ3n) is 1.02. The summed E-state index contributed by atoms with van der Waals surface area (Å²) in [6.07, 6.45) is 0. The number of carbonyl (C=O) groups is 2. The van der Waals surface area contributed by atoms with Crippen molar-refractivity contribution in [2.45, 2.75) is 13.0 Å². The molecule has 0 amide bonds. The first kappa shape index (κ1) is 6.73. The summed E-state index contributed by atoms with van der Waals surface area (Å²) in [4.78, 5) is 24.1. The fraction of sp³-hybridized carbons (Fsp3) is 0.400. The molecule has 0 radical (unpaired) electrons. The molecule has 1 N–H and O–H groups in total. The Bertz CT molecular complexity index is 220. The Hall–Kier alpha value is -1.39. The van der Waals surface area contributed by atoms with E-state index in [-0.39, 0.29) is 5.90 Å². The number of carboxylic acids is 1. The van der Waals surface area contributed by atoms with E-state index in [9.17, 15) is 9.59 Å². The average molecular weight is 143 g/mol. The molecule has 1 unspecified atom stereocenters. The van der Waals surface area contributed by atoms with Crippen LogP contribution >= 0.6 is 0 Å². The van der Waals surface area contributed by atoms with Crippen molar-refractivity contribution in [1.82, 2.24) is 0 Å². The molecule has 0 fully saturated rings. The predicted molar refractivity (Wildman–Crippen MR) is 30.6 cm³/mol. The summed E-state index contributed by atoms with van der Waals surface area (Å²) in [5.41, 5.74) is 0. The van der Waals surface area contributed by atoms with Gasteiger partial charge in [0.1, 0.15) is 0 Å². The van der Waals surface area contributed by atoms with E-state index in [0.717, 1.165) is 0 Å². The molecule has 1 rings (SSSR count). The van der Waals surface area contributed by atoms with Gasteiger partial charge in [0.2, 0.25) is 6.04 Å². The summed E-state index contributed by atoms with van der Waals surface area (Å²) >= 11 is 0. The van der Waals surface area contributed by atoms with Gasteiger partial charge in [0.15, 0.2) is 5.90 Å². The van der Waals surface area contributed by atoms with Crippen molar-refractivity contribution in [1.29, 1.82) is 0 Å². The highest BCUT2D eigenvalue weighted by atomic mass is 16.6. The molecule has 1 aliphatic heterocycles. The zero-order chi connectivity index (χ0) is 7.72. The number of esters is 1. The number of cyclic esters (lactones) is 1. The van der Waals surface area contributed by atoms with Crippen molar-refractivity contribution < 1.29 is 19.4 Å². The molecular formula is C5H5NO4. The van der Waals surface area contributed by atoms with Crippen LogP contribution in [0.2, 0.25) is 0 Å². The number of aliphatic imine (C=N–C) groups is 1. The monoisotopic (exact) mass is 143 g/mol. The standard InChI is InChI=1S/C5H5NO4/c1-2-6-3(4(7)8)5(9)10-2/h3H,1H3,(H,7,8). The van der Waals surface area contributed by atoms with Gasteiger partial charge < -0.3 is 9.84 Å². The molecule has 0 aromatic heterocycles. The Morgan fingerprint density at radius 3 is 2.60 bits per heavy atom. The summed E-state index contributed by atoms with van der Waals surface area (Å²) in [5.74, 6) is -1.98. The lowest BCUT2D eigenvalue weighted by atomic mass is 10.3. The third kappa shape index (κ3) is 0.975. The normalized spacial score (nSPS) is 23.9. The molecule has 5 heteroatoms. The molecule has 0 saturated heterocycles. The van der Waals surface area contributed by atoms with Crippen molar-refractivity contribution in [3.8, 4) is 0 Å². The van der Waals surface area contributed by atoms with Crippen LogP contribution in [0, 0.1) is 0 Å². The molecule has 0 saturated carbocycles. The Morgan fingerprint density at radius 1 is 1.80 bits per heavy atom. The molecule has 10 heavy (non-hydrogen) atoms. The van der Waals surface area contributed by atoms with Crippen molar-refractivity contribution in [3.63, 3.8) is 0 Å². The van der Waals surface area contributed by atoms with E-state index in [2.05, 4.69) is 9.73 Å². The molecule has 0 aromatic carbocycles. The van der Waals surface area contributed by atoms with Gasteiger partial charge in [0, 0.05) is 6.92 Å². The van der Waals surface area contributed by atoms with E-state index in [0.29, 0.717) is 0 Å². The lowest BCUT2D eigenvalue weighted by Crippen LogP contribution is -2.24. The third-order valence-corrected chi connectivity index (χ3v) is 1.02. The number of ether oxygens (including phenoxy) is 1. The smallest absolute Gasteiger partial charge is 0.349 e. The summed E-state index contributed by atoms with van der Waals surface area (Å²) < 4.78 is 4.37. The number of carboxylic acid groups (broad SMARTS) is 1. The van der Waals surface area contributed by atoms with E-state index < -0.39 is 18.0 Å². The Kier molecular flexibility index (Phi) is 1.41. The summed E-state index contributed by atoms with van der Waals surface area (Å²) in [5, 5.41) is 8.29. The molecule has 1 heterocycles. The number of nitrogens with zero attached hydrogens (tertiary/aromatic N) is 1. The van der Waals surface area contributed by atoms with E-state index >= 15 is 0 Å². The van der Waals surface area contributed by atoms with Gasteiger partial charge in [-0.1, -0.05) is 0 Å². The largest absolute Gasteiger partial charge is 0.479 e. The van der Waals surface area contributed by atoms with Crippen LogP contribution in [0.5, 0.6) is 0 Å². The zero-order valence-corrected chi connectivity index (χ0v) is 5.20. The lowest BCUT2D eigenvalue weighted by molar-refractivity contribution is -0.146. The van der Waals surface area contributed by atoms with Gasteiger partial charge >= 0.3 is 11.9 Å². The van der Waals surface area contributed by atoms with Crippen LogP contribution in [-0.4, -0.2) is 29.0 Å². The van der Waals surface area contributed by atoms with Crippen molar-refractivity contribution >= 4 is 17.8 Å². The van der Waals surface area contributed by atoms with Crippen LogP contribution in [-0.2, 0) is 14.3 Å². The second-order valence-electron chi connectivity index (χ2n) is 1.81. The Labute approximate surface area is 56.3 Å². The van der Waals surface area contributed by atoms with Crippen LogP contribution in [0.3, 0.4) is 0 Å². The maximum absolute atomic E-state index is 10.5. The first-order valence-corrected chi connectivity index (χ1v) is 2.60. The molecule has 54 valence electrons. The highest BCUT2D eigenvalue weighted by Crippen LogP contribution is 2.05. The van der Waals surface area contributed by atoms with Gasteiger partial charge in [-0.15, -0.1) is 0 Å². The highest BCUT2D eigenvalue weighted by molar-refractivity contribution is 6.07. The molecule has 0 bridgehead atoms. The number of rotatable bonds is 1. The fourth-order valence-electron chi connectivity index (χ4n) is 0.618. The number of carbonyl (C=O) groups excluding carboxylic acids is 1. The second kappa shape index (κ2) is 2.09. The van der Waals surface area contributed by atoms with Gasteiger partial charge in [-0.25, -0.2) is 14.6 Å². The van der Waals surface area contributed by atoms with E-state index in [4.69, 9.17) is 5.11 Å². The summed E-state index contributed by atoms with van der Waals surface area (Å²) in [6.45, 7) is 1.43. The van der Waals surface area contributed by atoms with Crippen molar-refractivity contribution in [3.05, 3.63) is 0 Å². The molecule has 5 nitrogen and oxygen atoms in total. The molecule has 0 aromatic rings. The zero-order valence-electron chi connectivity index (χ0n) is 5.20. The summed E-state index contributed by atoms with van der Waals surface area (Å²) in [6, 6.07) is -1.35. The maximum atomic E-state index is 10.5. The second-order valence-corrected chi connectivity index (χ2v) is 1.81. The van der Waals surface area contributed by atoms with Crippen molar-refractivity contribution in [2.75, 3.05) is 0 Å². The van der Waals surface area contributed by atoms with Crippen LogP contribution in [0.4, 0.5) is 0 Å². The van der Waals surface area contributed by atoms with Gasteiger partial charge in [0.05, 0.1) is 0 Å². The Balaban J connectivity index is 2.79. The van der Waals surface area contributed by atoms with Crippen LogP contribution in [0.1, 0.15) is 6.92 Å². The minimum atomic E-state index is -1.35. The average Bonchev–Trinajstić information content (AvgIpc) is 2.10. The van der Waals surface area contributed by atoms with Crippen LogP contribution in [0.15, 0.2) is 4.99 Å². The predicted octanol–water partition coefficient (Wildman–Crippen LogP) is -0.585. The maximum Gasteiger partial charge on any atom is 0.349 e. The van der Waals surface area contributed by atoms with Gasteiger partial charge in [-0.05, 0) is 0 Å². The van der Waals surface area contributed by atoms with E-state index in [1.54, 1.807) is 0 Å². The molecule has 0 aliphatic carbocycles. The first-order chi connectivity index (χ1) is 4.61. The molecule has 1 atom stereocenters. The first-order valence-electron chi connectivity index (χ1n) is 2.60. The SMILES string of the molecule is CC1=NC(C(=O)O)C(=O)O1. The minimum Gasteiger partial charge on any atom is -0.479 e. The highest BCUT2D eigenvalue weighted by Gasteiger charge is 2.33. The number of hydrogen-bond acceptors (Lipinski definition) is 4. The molecule has 0 spiro atoms. The minimum absolute atomic E-state index is 0.109. The molecule has 1 aliphatic rings. The lowest BCUT2D eigenvalue weighted by Gasteiger charge is -1.92. The van der Waals surface area contributed by atoms with Crippen LogP contribution < -0.4 is 0 Å². The van der Waals surface area contributed by atoms with Crippen LogP contribution in [0.25, 0.3) is 0 Å². The fourth-order valence-corrected chi connectivity index (χ4v) is 0.618. The topological polar surface area (TPSA) is 76.0 Å². The number of hydrogen-bond donors (Lipinski definition) is 1.